The average molecular weight is 520 g/mol. The first-order valence-electron chi connectivity index (χ1n) is 11.7. The minimum absolute atomic E-state index is 0.0997. The van der Waals surface area contributed by atoms with Gasteiger partial charge in [0.05, 0.1) is 30.3 Å². The molecule has 12 heteroatoms. The van der Waals surface area contributed by atoms with Crippen LogP contribution in [0.4, 0.5) is 23.0 Å². The molecule has 0 aliphatic carbocycles. The summed E-state index contributed by atoms with van der Waals surface area (Å²) in [6.07, 6.45) is 3.16. The first-order valence-corrected chi connectivity index (χ1v) is 11.7. The van der Waals surface area contributed by atoms with Crippen molar-refractivity contribution in [2.45, 2.75) is 0 Å². The van der Waals surface area contributed by atoms with E-state index in [4.69, 9.17) is 9.47 Å². The van der Waals surface area contributed by atoms with Gasteiger partial charge in [-0.05, 0) is 31.6 Å². The van der Waals surface area contributed by atoms with Crippen molar-refractivity contribution in [2.24, 2.45) is 0 Å². The molecule has 0 atom stereocenters. The molecule has 12 nitrogen and oxygen atoms in total. The summed E-state index contributed by atoms with van der Waals surface area (Å²) in [4.78, 5) is 36.7. The Kier molecular flexibility index (Phi) is 7.72. The largest absolute Gasteiger partial charge is 0.494 e. The van der Waals surface area contributed by atoms with Crippen LogP contribution in [0.2, 0.25) is 0 Å². The number of fused-ring (bicyclic) bond motifs is 1. The van der Waals surface area contributed by atoms with Gasteiger partial charge in [0.25, 0.3) is 5.69 Å². The number of hydrogen-bond donors (Lipinski definition) is 1. The summed E-state index contributed by atoms with van der Waals surface area (Å²) in [5.41, 5.74) is 1.62. The number of ether oxygens (including phenoxy) is 2. The standard InChI is InChI=1S/C26H29N7O5/c1-30(2)12-13-31(3)21-15-23(37-4)19(14-22(21)33(35)36)28-26-27-16-18(25(34)38-5)24(29-26)32-11-10-17-8-6-7-9-20(17)32/h6-11,14-16H,12-13H2,1-5H3,(H,27,28,29). The number of benzene rings is 2. The van der Waals surface area contributed by atoms with E-state index in [1.165, 1.54) is 26.5 Å². The lowest BCUT2D eigenvalue weighted by Crippen LogP contribution is -2.29. The average Bonchev–Trinajstić information content (AvgIpc) is 3.35. The Morgan fingerprint density at radius 3 is 2.58 bits per heavy atom. The number of nitrogens with one attached hydrogen (secondary N) is 1. The number of methoxy groups -OCH3 is 2. The molecule has 0 aliphatic rings. The van der Waals surface area contributed by atoms with Gasteiger partial charge in [-0.2, -0.15) is 4.98 Å². The van der Waals surface area contributed by atoms with Gasteiger partial charge in [0.2, 0.25) is 5.95 Å². The molecule has 0 radical (unpaired) electrons. The number of carbonyl (C=O) groups excluding carboxylic acids is 1. The van der Waals surface area contributed by atoms with Crippen LogP contribution in [0.1, 0.15) is 10.4 Å². The first-order chi connectivity index (χ1) is 18.2. The van der Waals surface area contributed by atoms with Crippen LogP contribution in [-0.2, 0) is 4.74 Å². The van der Waals surface area contributed by atoms with Crippen LogP contribution in [0.15, 0.2) is 54.9 Å². The molecular weight excluding hydrogens is 490 g/mol. The highest BCUT2D eigenvalue weighted by atomic mass is 16.6. The third-order valence-electron chi connectivity index (χ3n) is 6.04. The van der Waals surface area contributed by atoms with E-state index in [-0.39, 0.29) is 17.2 Å². The second-order valence-corrected chi connectivity index (χ2v) is 8.82. The van der Waals surface area contributed by atoms with Gasteiger partial charge < -0.3 is 29.2 Å². The molecule has 2 heterocycles. The van der Waals surface area contributed by atoms with Gasteiger partial charge in [0.1, 0.15) is 17.0 Å². The van der Waals surface area contributed by atoms with E-state index < -0.39 is 10.9 Å². The number of carbonyl (C=O) groups is 1. The number of likely N-dealkylation sites (N-methyl/N-ethyl adjacent to an activating group) is 2. The van der Waals surface area contributed by atoms with Crippen LogP contribution < -0.4 is 15.0 Å². The van der Waals surface area contributed by atoms with Crippen molar-refractivity contribution in [3.8, 4) is 11.6 Å². The van der Waals surface area contributed by atoms with Gasteiger partial charge in [-0.3, -0.25) is 10.1 Å². The zero-order valence-electron chi connectivity index (χ0n) is 21.8. The lowest BCUT2D eigenvalue weighted by atomic mass is 10.2. The van der Waals surface area contributed by atoms with Crippen LogP contribution in [0.3, 0.4) is 0 Å². The summed E-state index contributed by atoms with van der Waals surface area (Å²) in [6, 6.07) is 12.6. The fourth-order valence-corrected chi connectivity index (χ4v) is 4.01. The highest BCUT2D eigenvalue weighted by Gasteiger charge is 2.23. The number of nitrogens with zero attached hydrogens (tertiary/aromatic N) is 6. The minimum Gasteiger partial charge on any atom is -0.494 e. The molecule has 0 saturated heterocycles. The van der Waals surface area contributed by atoms with Crippen molar-refractivity contribution >= 4 is 39.9 Å². The summed E-state index contributed by atoms with van der Waals surface area (Å²) < 4.78 is 12.3. The van der Waals surface area contributed by atoms with Gasteiger partial charge in [-0.1, -0.05) is 18.2 Å². The second-order valence-electron chi connectivity index (χ2n) is 8.82. The zero-order valence-corrected chi connectivity index (χ0v) is 21.8. The molecule has 0 spiro atoms. The number of esters is 1. The van der Waals surface area contributed by atoms with Crippen LogP contribution in [0, 0.1) is 10.1 Å². The number of nitro groups is 1. The fourth-order valence-electron chi connectivity index (χ4n) is 4.01. The van der Waals surface area contributed by atoms with Crippen molar-refractivity contribution in [3.05, 3.63) is 70.5 Å². The topological polar surface area (TPSA) is 128 Å². The summed E-state index contributed by atoms with van der Waals surface area (Å²) in [5, 5.41) is 16.0. The van der Waals surface area contributed by atoms with Crippen molar-refractivity contribution in [1.29, 1.82) is 0 Å². The predicted octanol–water partition coefficient (Wildman–Crippen LogP) is 3.87. The van der Waals surface area contributed by atoms with E-state index in [9.17, 15) is 14.9 Å². The van der Waals surface area contributed by atoms with Crippen LogP contribution in [-0.4, -0.2) is 78.8 Å². The number of hydrogen-bond acceptors (Lipinski definition) is 10. The quantitative estimate of drug-likeness (QED) is 0.187. The number of rotatable bonds is 10. The van der Waals surface area contributed by atoms with Crippen LogP contribution in [0.5, 0.6) is 5.75 Å². The Balaban J connectivity index is 1.77. The Bertz CT molecular complexity index is 1480. The number of nitro benzene ring substituents is 1. The number of aromatic nitrogens is 3. The van der Waals surface area contributed by atoms with Crippen molar-refractivity contribution in [2.75, 3.05) is 58.7 Å². The summed E-state index contributed by atoms with van der Waals surface area (Å²) in [6.45, 7) is 1.29. The Morgan fingerprint density at radius 1 is 1.13 bits per heavy atom. The highest BCUT2D eigenvalue weighted by molar-refractivity contribution is 5.94. The van der Waals surface area contributed by atoms with E-state index in [1.807, 2.05) is 49.3 Å². The molecule has 1 N–H and O–H groups in total. The van der Waals surface area contributed by atoms with Crippen molar-refractivity contribution in [1.82, 2.24) is 19.4 Å². The summed E-state index contributed by atoms with van der Waals surface area (Å²) in [5.74, 6) is 0.189. The highest BCUT2D eigenvalue weighted by Crippen LogP contribution is 2.39. The van der Waals surface area contributed by atoms with E-state index in [1.54, 1.807) is 28.8 Å². The molecule has 0 aliphatic heterocycles. The molecule has 38 heavy (non-hydrogen) atoms. The second kappa shape index (κ2) is 11.1. The maximum atomic E-state index is 12.5. The van der Waals surface area contributed by atoms with Crippen molar-refractivity contribution in [3.63, 3.8) is 0 Å². The molecule has 2 aromatic heterocycles. The molecular formula is C26H29N7O5. The molecule has 0 unspecified atom stereocenters. The van der Waals surface area contributed by atoms with E-state index in [0.717, 1.165) is 10.9 Å². The van der Waals surface area contributed by atoms with E-state index in [2.05, 4.69) is 15.3 Å². The maximum Gasteiger partial charge on any atom is 0.343 e. The fraction of sp³-hybridized carbons (Fsp3) is 0.269. The predicted molar refractivity (Wildman–Crippen MR) is 145 cm³/mol. The Hall–Kier alpha value is -4.71. The number of anilines is 3. The third kappa shape index (κ3) is 5.34. The molecule has 0 amide bonds. The summed E-state index contributed by atoms with van der Waals surface area (Å²) >= 11 is 0. The molecule has 2 aromatic carbocycles. The molecule has 0 saturated carbocycles. The van der Waals surface area contributed by atoms with Gasteiger partial charge in [-0.15, -0.1) is 0 Å². The van der Waals surface area contributed by atoms with E-state index in [0.29, 0.717) is 36.0 Å². The smallest absolute Gasteiger partial charge is 0.343 e. The van der Waals surface area contributed by atoms with Gasteiger partial charge in [-0.25, -0.2) is 9.78 Å². The van der Waals surface area contributed by atoms with Gasteiger partial charge in [0, 0.05) is 44.7 Å². The normalized spacial score (nSPS) is 11.0. The maximum absolute atomic E-state index is 12.5. The van der Waals surface area contributed by atoms with Gasteiger partial charge in [0.15, 0.2) is 5.82 Å². The molecule has 0 bridgehead atoms. The monoisotopic (exact) mass is 519 g/mol. The van der Waals surface area contributed by atoms with Crippen molar-refractivity contribution < 1.29 is 19.2 Å². The number of para-hydroxylation sites is 1. The zero-order chi connectivity index (χ0) is 27.4. The molecule has 0 fully saturated rings. The van der Waals surface area contributed by atoms with Crippen LogP contribution in [0.25, 0.3) is 16.7 Å². The summed E-state index contributed by atoms with van der Waals surface area (Å²) in [7, 11) is 8.43. The third-order valence-corrected chi connectivity index (χ3v) is 6.04. The lowest BCUT2D eigenvalue weighted by Gasteiger charge is -2.22. The first kappa shape index (κ1) is 26.4. The van der Waals surface area contributed by atoms with E-state index >= 15 is 0 Å². The molecule has 198 valence electrons. The van der Waals surface area contributed by atoms with Gasteiger partial charge >= 0.3 is 5.97 Å². The lowest BCUT2D eigenvalue weighted by molar-refractivity contribution is -0.384. The molecule has 4 rings (SSSR count). The Labute approximate surface area is 219 Å². The SMILES string of the molecule is COC(=O)c1cnc(Nc2cc([N+](=O)[O-])c(N(C)CCN(C)C)cc2OC)nc1-n1ccc2ccccc21. The van der Waals surface area contributed by atoms with Crippen LogP contribution >= 0.6 is 0 Å². The minimum atomic E-state index is -0.595. The Morgan fingerprint density at radius 2 is 1.89 bits per heavy atom. The molecule has 4 aromatic rings.